The van der Waals surface area contributed by atoms with E-state index in [0.29, 0.717) is 11.3 Å². The highest BCUT2D eigenvalue weighted by atomic mass is 32.2. The Morgan fingerprint density at radius 3 is 2.27 bits per heavy atom. The van der Waals surface area contributed by atoms with Crippen molar-refractivity contribution in [1.82, 2.24) is 15.7 Å². The SMILES string of the molecule is C[C@H](NC(=O)COc1ccc(/C=N\NC(=O)CN(c2cccnc2)S(=O)(=O)c2ccccc2)cc1)c1ccccc1. The van der Waals surface area contributed by atoms with Crippen molar-refractivity contribution in [3.8, 4) is 5.75 Å². The molecule has 1 aromatic heterocycles. The number of rotatable bonds is 12. The van der Waals surface area contributed by atoms with Gasteiger partial charge in [-0.25, -0.2) is 13.8 Å². The van der Waals surface area contributed by atoms with Crippen molar-refractivity contribution in [2.75, 3.05) is 17.5 Å². The van der Waals surface area contributed by atoms with Crippen molar-refractivity contribution in [2.24, 2.45) is 5.10 Å². The molecule has 0 saturated carbocycles. The summed E-state index contributed by atoms with van der Waals surface area (Å²) in [6.45, 7) is 1.26. The van der Waals surface area contributed by atoms with Crippen molar-refractivity contribution >= 4 is 33.7 Å². The van der Waals surface area contributed by atoms with Crippen LogP contribution in [-0.2, 0) is 19.6 Å². The average Bonchev–Trinajstić information content (AvgIpc) is 3.00. The van der Waals surface area contributed by atoms with E-state index in [1.807, 2.05) is 37.3 Å². The number of anilines is 1. The quantitative estimate of drug-likeness (QED) is 0.197. The predicted molar refractivity (Wildman–Crippen MR) is 156 cm³/mol. The minimum Gasteiger partial charge on any atom is -0.484 e. The van der Waals surface area contributed by atoms with Crippen LogP contribution in [0.5, 0.6) is 5.75 Å². The lowest BCUT2D eigenvalue weighted by atomic mass is 10.1. The number of hydrogen-bond acceptors (Lipinski definition) is 7. The Morgan fingerprint density at radius 2 is 1.61 bits per heavy atom. The van der Waals surface area contributed by atoms with Crippen LogP contribution in [0.4, 0.5) is 5.69 Å². The standard InChI is InChI=1S/C30H29N5O5S/c1-23(25-9-4-2-5-10-25)33-30(37)22-40-27-16-14-24(15-17-27)19-32-34-29(36)21-35(26-11-8-18-31-20-26)41(38,39)28-12-6-3-7-13-28/h2-20,23H,21-22H2,1H3,(H,33,37)(H,34,36)/b32-19-/t23-/m0/s1. The molecule has 0 unspecified atom stereocenters. The van der Waals surface area contributed by atoms with Crippen LogP contribution in [0.3, 0.4) is 0 Å². The third-order valence-electron chi connectivity index (χ3n) is 5.88. The van der Waals surface area contributed by atoms with Gasteiger partial charge in [0, 0.05) is 6.20 Å². The van der Waals surface area contributed by atoms with Gasteiger partial charge in [-0.1, -0.05) is 48.5 Å². The molecule has 10 nitrogen and oxygen atoms in total. The molecule has 0 aliphatic heterocycles. The number of sulfonamides is 1. The largest absolute Gasteiger partial charge is 0.484 e. The second-order valence-corrected chi connectivity index (χ2v) is 10.7. The predicted octanol–water partition coefficient (Wildman–Crippen LogP) is 3.68. The number of hydrazone groups is 1. The minimum atomic E-state index is -4.03. The summed E-state index contributed by atoms with van der Waals surface area (Å²) in [7, 11) is -4.03. The van der Waals surface area contributed by atoms with Gasteiger partial charge < -0.3 is 10.1 Å². The zero-order valence-corrected chi connectivity index (χ0v) is 23.1. The number of ether oxygens (including phenoxy) is 1. The lowest BCUT2D eigenvalue weighted by molar-refractivity contribution is -0.123. The number of benzene rings is 3. The van der Waals surface area contributed by atoms with Gasteiger partial charge in [0.15, 0.2) is 6.61 Å². The average molecular weight is 572 g/mol. The Labute approximate surface area is 238 Å². The molecule has 0 bridgehead atoms. The smallest absolute Gasteiger partial charge is 0.264 e. The van der Waals surface area contributed by atoms with E-state index in [2.05, 4.69) is 20.8 Å². The topological polar surface area (TPSA) is 130 Å². The Morgan fingerprint density at radius 1 is 0.927 bits per heavy atom. The van der Waals surface area contributed by atoms with Crippen LogP contribution in [0.1, 0.15) is 24.1 Å². The van der Waals surface area contributed by atoms with E-state index in [-0.39, 0.29) is 29.1 Å². The number of amides is 2. The summed E-state index contributed by atoms with van der Waals surface area (Å²) >= 11 is 0. The first-order valence-corrected chi connectivity index (χ1v) is 14.1. The summed E-state index contributed by atoms with van der Waals surface area (Å²) < 4.78 is 33.0. The van der Waals surface area contributed by atoms with Gasteiger partial charge in [-0.15, -0.1) is 0 Å². The van der Waals surface area contributed by atoms with Crippen molar-refractivity contribution in [2.45, 2.75) is 17.9 Å². The summed E-state index contributed by atoms with van der Waals surface area (Å²) in [5.74, 6) is -0.392. The molecule has 0 radical (unpaired) electrons. The number of carbonyl (C=O) groups is 2. The lowest BCUT2D eigenvalue weighted by Crippen LogP contribution is -2.39. The van der Waals surface area contributed by atoms with E-state index in [1.54, 1.807) is 54.6 Å². The number of hydrogen-bond donors (Lipinski definition) is 2. The second-order valence-electron chi connectivity index (χ2n) is 8.89. The first-order valence-electron chi connectivity index (χ1n) is 12.7. The zero-order valence-electron chi connectivity index (χ0n) is 22.3. The van der Waals surface area contributed by atoms with Crippen LogP contribution in [0.15, 0.2) is 119 Å². The fourth-order valence-electron chi connectivity index (χ4n) is 3.79. The summed E-state index contributed by atoms with van der Waals surface area (Å²) in [6.07, 6.45) is 4.29. The highest BCUT2D eigenvalue weighted by Gasteiger charge is 2.27. The first-order chi connectivity index (χ1) is 19.8. The Kier molecular flexibility index (Phi) is 9.79. The van der Waals surface area contributed by atoms with Gasteiger partial charge in [-0.3, -0.25) is 18.9 Å². The van der Waals surface area contributed by atoms with Gasteiger partial charge in [0.2, 0.25) is 0 Å². The molecule has 0 aliphatic carbocycles. The third kappa shape index (κ3) is 8.23. The molecule has 4 aromatic rings. The molecule has 0 saturated heterocycles. The van der Waals surface area contributed by atoms with Crippen molar-refractivity contribution in [3.05, 3.63) is 121 Å². The van der Waals surface area contributed by atoms with Crippen LogP contribution in [0, 0.1) is 0 Å². The summed E-state index contributed by atoms with van der Waals surface area (Å²) in [5, 5.41) is 6.83. The molecule has 41 heavy (non-hydrogen) atoms. The van der Waals surface area contributed by atoms with Crippen LogP contribution in [0.2, 0.25) is 0 Å². The number of nitrogens with one attached hydrogen (secondary N) is 2. The number of aromatic nitrogens is 1. The maximum Gasteiger partial charge on any atom is 0.264 e. The molecule has 2 amide bonds. The van der Waals surface area contributed by atoms with Crippen LogP contribution in [-0.4, -0.2) is 44.6 Å². The van der Waals surface area contributed by atoms with Crippen molar-refractivity contribution in [1.29, 1.82) is 0 Å². The van der Waals surface area contributed by atoms with Crippen LogP contribution < -0.4 is 19.8 Å². The molecule has 210 valence electrons. The van der Waals surface area contributed by atoms with Gasteiger partial charge in [0.05, 0.1) is 29.0 Å². The van der Waals surface area contributed by atoms with Gasteiger partial charge in [-0.05, 0) is 66.6 Å². The highest BCUT2D eigenvalue weighted by Crippen LogP contribution is 2.22. The Hall–Kier alpha value is -5.03. The molecule has 2 N–H and O–H groups in total. The van der Waals surface area contributed by atoms with E-state index in [4.69, 9.17) is 4.74 Å². The monoisotopic (exact) mass is 571 g/mol. The molecule has 3 aromatic carbocycles. The zero-order chi connectivity index (χ0) is 29.1. The van der Waals surface area contributed by atoms with Gasteiger partial charge in [0.1, 0.15) is 12.3 Å². The Bertz CT molecular complexity index is 1570. The summed E-state index contributed by atoms with van der Waals surface area (Å²) in [5.41, 5.74) is 4.26. The first kappa shape index (κ1) is 29.0. The molecule has 0 aliphatic rings. The molecule has 1 atom stereocenters. The molecule has 11 heteroatoms. The summed E-state index contributed by atoms with van der Waals surface area (Å²) in [6, 6.07) is 27.2. The number of carbonyl (C=O) groups excluding carboxylic acids is 2. The molecular formula is C30H29N5O5S. The fraction of sp³-hybridized carbons (Fsp3) is 0.133. The van der Waals surface area contributed by atoms with Gasteiger partial charge >= 0.3 is 0 Å². The number of pyridine rings is 1. The molecule has 4 rings (SSSR count). The Balaban J connectivity index is 1.30. The maximum atomic E-state index is 13.3. The number of nitrogens with zero attached hydrogens (tertiary/aromatic N) is 3. The van der Waals surface area contributed by atoms with Gasteiger partial charge in [-0.2, -0.15) is 5.10 Å². The van der Waals surface area contributed by atoms with Crippen molar-refractivity contribution in [3.63, 3.8) is 0 Å². The van der Waals surface area contributed by atoms with Crippen LogP contribution in [0.25, 0.3) is 0 Å². The van der Waals surface area contributed by atoms with Gasteiger partial charge in [0.25, 0.3) is 21.8 Å². The minimum absolute atomic E-state index is 0.0469. The molecular weight excluding hydrogens is 542 g/mol. The lowest BCUT2D eigenvalue weighted by Gasteiger charge is -2.23. The van der Waals surface area contributed by atoms with Crippen LogP contribution >= 0.6 is 0 Å². The normalized spacial score (nSPS) is 11.9. The van der Waals surface area contributed by atoms with Crippen molar-refractivity contribution < 1.29 is 22.7 Å². The highest BCUT2D eigenvalue weighted by molar-refractivity contribution is 7.92. The van der Waals surface area contributed by atoms with E-state index in [9.17, 15) is 18.0 Å². The fourth-order valence-corrected chi connectivity index (χ4v) is 5.22. The van der Waals surface area contributed by atoms with E-state index in [1.165, 1.54) is 30.7 Å². The van der Waals surface area contributed by atoms with E-state index >= 15 is 0 Å². The molecule has 0 spiro atoms. The third-order valence-corrected chi connectivity index (χ3v) is 7.67. The molecule has 0 fully saturated rings. The van der Waals surface area contributed by atoms with E-state index in [0.717, 1.165) is 9.87 Å². The molecule has 1 heterocycles. The maximum absolute atomic E-state index is 13.3. The summed E-state index contributed by atoms with van der Waals surface area (Å²) in [4.78, 5) is 28.9. The second kappa shape index (κ2) is 13.9. The van der Waals surface area contributed by atoms with E-state index < -0.39 is 22.5 Å².